The zero-order valence-corrected chi connectivity index (χ0v) is 12.7. The molecular formula is C14H19F3N4O2. The van der Waals surface area contributed by atoms with Crippen molar-refractivity contribution in [3.05, 3.63) is 18.0 Å². The van der Waals surface area contributed by atoms with Crippen LogP contribution in [0.3, 0.4) is 0 Å². The van der Waals surface area contributed by atoms with Crippen molar-refractivity contribution in [3.8, 4) is 0 Å². The third-order valence-electron chi connectivity index (χ3n) is 4.19. The van der Waals surface area contributed by atoms with Crippen LogP contribution in [0.5, 0.6) is 0 Å². The number of carboxylic acid groups (broad SMARTS) is 1. The van der Waals surface area contributed by atoms with Crippen molar-refractivity contribution in [2.45, 2.75) is 32.4 Å². The Balaban J connectivity index is 1.95. The van der Waals surface area contributed by atoms with Crippen molar-refractivity contribution in [2.75, 3.05) is 24.5 Å². The van der Waals surface area contributed by atoms with Gasteiger partial charge in [-0.1, -0.05) is 6.92 Å². The number of anilines is 1. The Labute approximate surface area is 131 Å². The van der Waals surface area contributed by atoms with Gasteiger partial charge in [-0.15, -0.1) is 0 Å². The first-order chi connectivity index (χ1) is 10.7. The number of piperidine rings is 1. The predicted octanol–water partition coefficient (Wildman–Crippen LogP) is 2.76. The molecule has 2 heterocycles. The Morgan fingerprint density at radius 3 is 2.65 bits per heavy atom. The number of hydrogen-bond donors (Lipinski definition) is 2. The fraction of sp³-hybridized carbons (Fsp3) is 0.643. The molecule has 0 saturated carbocycles. The van der Waals surface area contributed by atoms with Gasteiger partial charge in [0.15, 0.2) is 0 Å². The minimum Gasteiger partial charge on any atom is -0.465 e. The molecule has 0 aromatic carbocycles. The third-order valence-corrected chi connectivity index (χ3v) is 4.19. The summed E-state index contributed by atoms with van der Waals surface area (Å²) in [5.41, 5.74) is -0.984. The molecule has 1 saturated heterocycles. The van der Waals surface area contributed by atoms with Gasteiger partial charge in [-0.2, -0.15) is 13.2 Å². The molecule has 1 aliphatic rings. The maximum atomic E-state index is 12.7. The first-order valence-electron chi connectivity index (χ1n) is 7.32. The summed E-state index contributed by atoms with van der Waals surface area (Å²) in [6.45, 7) is 3.52. The van der Waals surface area contributed by atoms with Crippen molar-refractivity contribution in [3.63, 3.8) is 0 Å². The number of halogens is 3. The molecular weight excluding hydrogens is 313 g/mol. The van der Waals surface area contributed by atoms with Crippen LogP contribution in [0.15, 0.2) is 12.3 Å². The molecule has 1 aliphatic heterocycles. The van der Waals surface area contributed by atoms with Gasteiger partial charge in [-0.25, -0.2) is 14.8 Å². The highest BCUT2D eigenvalue weighted by molar-refractivity contribution is 5.64. The number of carbonyl (C=O) groups is 1. The van der Waals surface area contributed by atoms with Gasteiger partial charge in [-0.05, 0) is 30.7 Å². The highest BCUT2D eigenvalue weighted by Gasteiger charge is 2.35. The number of amides is 1. The van der Waals surface area contributed by atoms with Crippen LogP contribution in [0.25, 0.3) is 0 Å². The van der Waals surface area contributed by atoms with Gasteiger partial charge in [0.2, 0.25) is 5.95 Å². The van der Waals surface area contributed by atoms with E-state index in [9.17, 15) is 18.0 Å². The summed E-state index contributed by atoms with van der Waals surface area (Å²) < 4.78 is 38.1. The highest BCUT2D eigenvalue weighted by Crippen LogP contribution is 2.35. The Bertz CT molecular complexity index is 557. The van der Waals surface area contributed by atoms with Crippen LogP contribution in [-0.2, 0) is 6.18 Å². The Kier molecular flexibility index (Phi) is 4.96. The van der Waals surface area contributed by atoms with Crippen LogP contribution in [0.4, 0.5) is 23.9 Å². The van der Waals surface area contributed by atoms with E-state index in [1.165, 1.54) is 0 Å². The van der Waals surface area contributed by atoms with Gasteiger partial charge in [0, 0.05) is 25.8 Å². The number of rotatable bonds is 4. The molecule has 0 unspecified atom stereocenters. The minimum atomic E-state index is -4.48. The fourth-order valence-electron chi connectivity index (χ4n) is 2.63. The van der Waals surface area contributed by atoms with E-state index in [1.54, 1.807) is 4.90 Å². The number of hydrogen-bond acceptors (Lipinski definition) is 4. The molecule has 0 bridgehead atoms. The Hall–Kier alpha value is -2.06. The summed E-state index contributed by atoms with van der Waals surface area (Å²) in [4.78, 5) is 19.7. The molecule has 2 rings (SSSR count). The van der Waals surface area contributed by atoms with Crippen LogP contribution < -0.4 is 10.2 Å². The largest absolute Gasteiger partial charge is 0.465 e. The molecule has 0 atom stereocenters. The number of nitrogens with one attached hydrogen (secondary N) is 1. The van der Waals surface area contributed by atoms with Gasteiger partial charge < -0.3 is 15.3 Å². The highest BCUT2D eigenvalue weighted by atomic mass is 19.4. The molecule has 1 amide bonds. The van der Waals surface area contributed by atoms with Crippen LogP contribution in [0.1, 0.15) is 31.9 Å². The molecule has 23 heavy (non-hydrogen) atoms. The summed E-state index contributed by atoms with van der Waals surface area (Å²) in [6, 6.07) is 0.856. The number of alkyl halides is 3. The quantitative estimate of drug-likeness (QED) is 0.886. The summed E-state index contributed by atoms with van der Waals surface area (Å²) in [5, 5.41) is 10.9. The molecule has 0 aliphatic carbocycles. The monoisotopic (exact) mass is 332 g/mol. The van der Waals surface area contributed by atoms with E-state index >= 15 is 0 Å². The minimum absolute atomic E-state index is 0.0411. The molecule has 0 spiro atoms. The van der Waals surface area contributed by atoms with E-state index in [4.69, 9.17) is 5.11 Å². The lowest BCUT2D eigenvalue weighted by atomic mass is 9.77. The number of aromatic nitrogens is 2. The predicted molar refractivity (Wildman–Crippen MR) is 77.2 cm³/mol. The average Bonchev–Trinajstić information content (AvgIpc) is 2.47. The maximum Gasteiger partial charge on any atom is 0.433 e. The summed E-state index contributed by atoms with van der Waals surface area (Å²) >= 11 is 0. The Morgan fingerprint density at radius 1 is 1.43 bits per heavy atom. The van der Waals surface area contributed by atoms with E-state index in [2.05, 4.69) is 22.2 Å². The van der Waals surface area contributed by atoms with E-state index in [-0.39, 0.29) is 11.4 Å². The molecule has 9 heteroatoms. The lowest BCUT2D eigenvalue weighted by molar-refractivity contribution is -0.141. The fourth-order valence-corrected chi connectivity index (χ4v) is 2.63. The average molecular weight is 332 g/mol. The van der Waals surface area contributed by atoms with E-state index in [0.717, 1.165) is 25.1 Å². The zero-order chi connectivity index (χ0) is 17.1. The lowest BCUT2D eigenvalue weighted by Gasteiger charge is -2.39. The lowest BCUT2D eigenvalue weighted by Crippen LogP contribution is -2.41. The van der Waals surface area contributed by atoms with E-state index < -0.39 is 18.0 Å². The second-order valence-electron chi connectivity index (χ2n) is 6.02. The summed E-state index contributed by atoms with van der Waals surface area (Å²) in [6.07, 6.45) is -2.23. The van der Waals surface area contributed by atoms with Crippen molar-refractivity contribution in [1.82, 2.24) is 15.3 Å². The zero-order valence-electron chi connectivity index (χ0n) is 12.7. The summed E-state index contributed by atoms with van der Waals surface area (Å²) in [5.74, 6) is 0.0885. The van der Waals surface area contributed by atoms with Crippen molar-refractivity contribution in [1.29, 1.82) is 0 Å². The molecule has 128 valence electrons. The first-order valence-corrected chi connectivity index (χ1v) is 7.32. The van der Waals surface area contributed by atoms with E-state index in [0.29, 0.717) is 26.1 Å². The first kappa shape index (κ1) is 17.3. The molecule has 0 radical (unpaired) electrons. The molecule has 1 aromatic heterocycles. The van der Waals surface area contributed by atoms with Gasteiger partial charge in [0.1, 0.15) is 5.69 Å². The third kappa shape index (κ3) is 4.70. The van der Waals surface area contributed by atoms with Gasteiger partial charge in [0.25, 0.3) is 0 Å². The molecule has 2 N–H and O–H groups in total. The standard InChI is InChI=1S/C14H19F3N4O2/c1-13(3-7-19-12(22)23)4-8-21(9-5-13)11-18-6-2-10(20-11)14(15,16)17/h2,6,19H,3-5,7-9H2,1H3,(H,22,23). The van der Waals surface area contributed by atoms with E-state index in [1.807, 2.05) is 0 Å². The summed E-state index contributed by atoms with van der Waals surface area (Å²) in [7, 11) is 0. The van der Waals surface area contributed by atoms with Crippen molar-refractivity contribution < 1.29 is 23.1 Å². The maximum absolute atomic E-state index is 12.7. The van der Waals surface area contributed by atoms with Crippen LogP contribution >= 0.6 is 0 Å². The smallest absolute Gasteiger partial charge is 0.433 e. The molecule has 6 nitrogen and oxygen atoms in total. The van der Waals surface area contributed by atoms with Crippen molar-refractivity contribution in [2.24, 2.45) is 5.41 Å². The topological polar surface area (TPSA) is 78.4 Å². The molecule has 1 fully saturated rings. The van der Waals surface area contributed by atoms with Crippen molar-refractivity contribution >= 4 is 12.0 Å². The normalized spacial score (nSPS) is 17.8. The SMILES string of the molecule is CC1(CCNC(=O)O)CCN(c2nccc(C(F)(F)F)n2)CC1. The van der Waals surface area contributed by atoms with Crippen LogP contribution in [-0.4, -0.2) is 40.8 Å². The van der Waals surface area contributed by atoms with Gasteiger partial charge in [0.05, 0.1) is 0 Å². The van der Waals surface area contributed by atoms with Gasteiger partial charge >= 0.3 is 12.3 Å². The second-order valence-corrected chi connectivity index (χ2v) is 6.02. The number of nitrogens with zero attached hydrogens (tertiary/aromatic N) is 3. The van der Waals surface area contributed by atoms with Crippen LogP contribution in [0, 0.1) is 5.41 Å². The Morgan fingerprint density at radius 2 is 2.09 bits per heavy atom. The molecule has 1 aromatic rings. The van der Waals surface area contributed by atoms with Gasteiger partial charge in [-0.3, -0.25) is 0 Å². The second kappa shape index (κ2) is 6.59. The van der Waals surface area contributed by atoms with Crippen LogP contribution in [0.2, 0.25) is 0 Å².